The fourth-order valence-corrected chi connectivity index (χ4v) is 3.15. The number of fused-ring (bicyclic) bond motifs is 1. The van der Waals surface area contributed by atoms with Gasteiger partial charge in [-0.2, -0.15) is 0 Å². The van der Waals surface area contributed by atoms with Crippen LogP contribution in [-0.4, -0.2) is 27.2 Å². The molecule has 1 aromatic carbocycles. The monoisotopic (exact) mass is 347 g/mol. The summed E-state index contributed by atoms with van der Waals surface area (Å²) in [6.45, 7) is 1.41. The van der Waals surface area contributed by atoms with Crippen LogP contribution in [0.1, 0.15) is 37.9 Å². The number of anilines is 1. The van der Waals surface area contributed by atoms with Crippen molar-refractivity contribution in [2.24, 2.45) is 5.73 Å². The molecular weight excluding hydrogens is 326 g/mol. The van der Waals surface area contributed by atoms with Gasteiger partial charge in [0.1, 0.15) is 5.82 Å². The third kappa shape index (κ3) is 3.76. The minimum atomic E-state index is -0.0474. The number of amides is 1. The van der Waals surface area contributed by atoms with E-state index in [4.69, 9.17) is 17.3 Å². The molecule has 0 fully saturated rings. The zero-order chi connectivity index (χ0) is 16.9. The maximum atomic E-state index is 11.9. The standard InChI is InChI=1S/C17H22ClN5O/c18-14-8-7-12(20-16(24)6-4-9-19)11-13(14)17-22-21-15-5-2-1-3-10-23(15)17/h7-8,11H,1-6,9-10,19H2,(H,20,24). The van der Waals surface area contributed by atoms with E-state index in [9.17, 15) is 4.79 Å². The smallest absolute Gasteiger partial charge is 0.224 e. The van der Waals surface area contributed by atoms with Crippen LogP contribution in [0.25, 0.3) is 11.4 Å². The van der Waals surface area contributed by atoms with Gasteiger partial charge in [0.05, 0.1) is 5.02 Å². The molecule has 0 atom stereocenters. The van der Waals surface area contributed by atoms with Crippen molar-refractivity contribution < 1.29 is 4.79 Å². The summed E-state index contributed by atoms with van der Waals surface area (Å²) in [6, 6.07) is 5.45. The van der Waals surface area contributed by atoms with Crippen LogP contribution in [0, 0.1) is 0 Å². The third-order valence-electron chi connectivity index (χ3n) is 4.21. The van der Waals surface area contributed by atoms with Crippen LogP contribution in [0.2, 0.25) is 5.02 Å². The Morgan fingerprint density at radius 2 is 2.17 bits per heavy atom. The first-order valence-corrected chi connectivity index (χ1v) is 8.79. The van der Waals surface area contributed by atoms with E-state index >= 15 is 0 Å². The molecule has 1 aliphatic heterocycles. The highest BCUT2D eigenvalue weighted by atomic mass is 35.5. The van der Waals surface area contributed by atoms with Crippen LogP contribution < -0.4 is 11.1 Å². The lowest BCUT2D eigenvalue weighted by Gasteiger charge is -2.11. The van der Waals surface area contributed by atoms with Crippen molar-refractivity contribution >= 4 is 23.2 Å². The summed E-state index contributed by atoms with van der Waals surface area (Å²) in [7, 11) is 0. The summed E-state index contributed by atoms with van der Waals surface area (Å²) < 4.78 is 2.15. The first kappa shape index (κ1) is 16.9. The number of nitrogens with zero attached hydrogens (tertiary/aromatic N) is 3. The van der Waals surface area contributed by atoms with Crippen molar-refractivity contribution in [3.05, 3.63) is 29.0 Å². The average Bonchev–Trinajstić information content (AvgIpc) is 2.83. The van der Waals surface area contributed by atoms with Crippen LogP contribution in [-0.2, 0) is 17.8 Å². The minimum absolute atomic E-state index is 0.0474. The highest BCUT2D eigenvalue weighted by Crippen LogP contribution is 2.31. The number of nitrogens with one attached hydrogen (secondary N) is 1. The summed E-state index contributed by atoms with van der Waals surface area (Å²) in [6.07, 6.45) is 5.49. The average molecular weight is 348 g/mol. The number of rotatable bonds is 5. The summed E-state index contributed by atoms with van der Waals surface area (Å²) in [5.41, 5.74) is 6.95. The fraction of sp³-hybridized carbons (Fsp3) is 0.471. The van der Waals surface area contributed by atoms with Gasteiger partial charge >= 0.3 is 0 Å². The molecule has 128 valence electrons. The highest BCUT2D eigenvalue weighted by Gasteiger charge is 2.18. The van der Waals surface area contributed by atoms with E-state index in [0.29, 0.717) is 30.1 Å². The Bertz CT molecular complexity index is 728. The normalized spacial score (nSPS) is 14.1. The number of aromatic nitrogens is 3. The number of hydrogen-bond donors (Lipinski definition) is 2. The van der Waals surface area contributed by atoms with Crippen LogP contribution in [0.4, 0.5) is 5.69 Å². The first-order chi connectivity index (χ1) is 11.7. The van der Waals surface area contributed by atoms with Gasteiger partial charge in [0, 0.05) is 30.6 Å². The minimum Gasteiger partial charge on any atom is -0.330 e. The van der Waals surface area contributed by atoms with E-state index in [1.165, 1.54) is 6.42 Å². The molecule has 0 bridgehead atoms. The van der Waals surface area contributed by atoms with Gasteiger partial charge in [-0.25, -0.2) is 0 Å². The van der Waals surface area contributed by atoms with Gasteiger partial charge in [0.2, 0.25) is 5.91 Å². The molecule has 2 aromatic rings. The lowest BCUT2D eigenvalue weighted by Crippen LogP contribution is -2.13. The summed E-state index contributed by atoms with van der Waals surface area (Å²) >= 11 is 6.38. The molecule has 24 heavy (non-hydrogen) atoms. The highest BCUT2D eigenvalue weighted by molar-refractivity contribution is 6.33. The molecule has 0 radical (unpaired) electrons. The molecule has 3 rings (SSSR count). The number of nitrogens with two attached hydrogens (primary N) is 1. The summed E-state index contributed by atoms with van der Waals surface area (Å²) in [5.74, 6) is 1.74. The molecule has 1 aliphatic rings. The Balaban J connectivity index is 1.87. The number of hydrogen-bond acceptors (Lipinski definition) is 4. The molecule has 7 heteroatoms. The maximum Gasteiger partial charge on any atom is 0.224 e. The Morgan fingerprint density at radius 3 is 3.00 bits per heavy atom. The lowest BCUT2D eigenvalue weighted by atomic mass is 10.1. The number of halogens is 1. The van der Waals surface area contributed by atoms with Gasteiger partial charge in [0.25, 0.3) is 0 Å². The predicted molar refractivity (Wildman–Crippen MR) is 94.9 cm³/mol. The van der Waals surface area contributed by atoms with Crippen molar-refractivity contribution in [2.45, 2.75) is 45.1 Å². The van der Waals surface area contributed by atoms with E-state index in [1.54, 1.807) is 12.1 Å². The number of benzene rings is 1. The number of carbonyl (C=O) groups is 1. The van der Waals surface area contributed by atoms with Crippen LogP contribution in [0.15, 0.2) is 18.2 Å². The molecule has 2 heterocycles. The van der Waals surface area contributed by atoms with Crippen molar-refractivity contribution in [1.82, 2.24) is 14.8 Å². The lowest BCUT2D eigenvalue weighted by molar-refractivity contribution is -0.116. The maximum absolute atomic E-state index is 11.9. The molecule has 3 N–H and O–H groups in total. The molecule has 0 spiro atoms. The summed E-state index contributed by atoms with van der Waals surface area (Å²) in [4.78, 5) is 11.9. The van der Waals surface area contributed by atoms with E-state index in [-0.39, 0.29) is 5.91 Å². The Kier molecular flexibility index (Phi) is 5.48. The van der Waals surface area contributed by atoms with Crippen molar-refractivity contribution in [2.75, 3.05) is 11.9 Å². The quantitative estimate of drug-likeness (QED) is 0.870. The Labute approximate surface area is 146 Å². The fourth-order valence-electron chi connectivity index (χ4n) is 2.94. The Morgan fingerprint density at radius 1 is 1.29 bits per heavy atom. The first-order valence-electron chi connectivity index (χ1n) is 8.41. The van der Waals surface area contributed by atoms with Gasteiger partial charge in [-0.3, -0.25) is 4.79 Å². The van der Waals surface area contributed by atoms with Gasteiger partial charge < -0.3 is 15.6 Å². The molecule has 0 aliphatic carbocycles. The van der Waals surface area contributed by atoms with Crippen molar-refractivity contribution in [3.8, 4) is 11.4 Å². The largest absolute Gasteiger partial charge is 0.330 e. The molecular formula is C17H22ClN5O. The Hall–Kier alpha value is -1.92. The van der Waals surface area contributed by atoms with Gasteiger partial charge in [-0.15, -0.1) is 10.2 Å². The molecule has 1 amide bonds. The van der Waals surface area contributed by atoms with E-state index < -0.39 is 0 Å². The third-order valence-corrected chi connectivity index (χ3v) is 4.54. The molecule has 0 saturated carbocycles. The SMILES string of the molecule is NCCCC(=O)Nc1ccc(Cl)c(-c2nnc3n2CCCCC3)c1. The molecule has 0 unspecified atom stereocenters. The number of aryl methyl sites for hydroxylation is 1. The second-order valence-electron chi connectivity index (χ2n) is 6.04. The van der Waals surface area contributed by atoms with Gasteiger partial charge in [-0.1, -0.05) is 18.0 Å². The molecule has 1 aromatic heterocycles. The van der Waals surface area contributed by atoms with E-state index in [1.807, 2.05) is 6.07 Å². The topological polar surface area (TPSA) is 85.8 Å². The summed E-state index contributed by atoms with van der Waals surface area (Å²) in [5, 5.41) is 12.2. The zero-order valence-electron chi connectivity index (χ0n) is 13.6. The number of carbonyl (C=O) groups excluding carboxylic acids is 1. The predicted octanol–water partition coefficient (Wildman–Crippen LogP) is 3.00. The van der Waals surface area contributed by atoms with Gasteiger partial charge in [-0.05, 0) is 44.0 Å². The van der Waals surface area contributed by atoms with Gasteiger partial charge in [0.15, 0.2) is 5.82 Å². The molecule has 0 saturated heterocycles. The molecule has 6 nitrogen and oxygen atoms in total. The van der Waals surface area contributed by atoms with Crippen molar-refractivity contribution in [1.29, 1.82) is 0 Å². The van der Waals surface area contributed by atoms with Crippen molar-refractivity contribution in [3.63, 3.8) is 0 Å². The van der Waals surface area contributed by atoms with E-state index in [0.717, 1.165) is 43.0 Å². The van der Waals surface area contributed by atoms with Crippen LogP contribution >= 0.6 is 11.6 Å². The van der Waals surface area contributed by atoms with E-state index in [2.05, 4.69) is 20.1 Å². The van der Waals surface area contributed by atoms with Crippen LogP contribution in [0.3, 0.4) is 0 Å². The second kappa shape index (κ2) is 7.77. The zero-order valence-corrected chi connectivity index (χ0v) is 14.4. The van der Waals surface area contributed by atoms with Crippen LogP contribution in [0.5, 0.6) is 0 Å². The second-order valence-corrected chi connectivity index (χ2v) is 6.44.